The summed E-state index contributed by atoms with van der Waals surface area (Å²) in [4.78, 5) is 16.8. The van der Waals surface area contributed by atoms with Crippen LogP contribution in [-0.2, 0) is 4.79 Å². The molecule has 3 rings (SSSR count). The lowest BCUT2D eigenvalue weighted by Crippen LogP contribution is -2.44. The van der Waals surface area contributed by atoms with Crippen molar-refractivity contribution in [2.24, 2.45) is 0 Å². The zero-order chi connectivity index (χ0) is 18.4. The minimum atomic E-state index is -0.0849. The van der Waals surface area contributed by atoms with Gasteiger partial charge in [-0.05, 0) is 55.6 Å². The quantitative estimate of drug-likeness (QED) is 0.835. The van der Waals surface area contributed by atoms with Gasteiger partial charge in [-0.1, -0.05) is 0 Å². The SMILES string of the molecule is COc1ccc(NC(=O)CNc2ccc(N3CCN(C)CC3)cc2)cc1. The Bertz CT molecular complexity index is 708. The van der Waals surface area contributed by atoms with Gasteiger partial charge in [-0.15, -0.1) is 0 Å². The Morgan fingerprint density at radius 2 is 1.58 bits per heavy atom. The number of ether oxygens (including phenoxy) is 1. The van der Waals surface area contributed by atoms with Crippen molar-refractivity contribution in [2.45, 2.75) is 0 Å². The van der Waals surface area contributed by atoms with Gasteiger partial charge in [0.2, 0.25) is 5.91 Å². The summed E-state index contributed by atoms with van der Waals surface area (Å²) in [7, 11) is 3.77. The summed E-state index contributed by atoms with van der Waals surface area (Å²) < 4.78 is 5.11. The molecular formula is C20H26N4O2. The first-order valence-electron chi connectivity index (χ1n) is 8.85. The van der Waals surface area contributed by atoms with Crippen molar-refractivity contribution in [2.75, 3.05) is 62.4 Å². The maximum atomic E-state index is 12.1. The Morgan fingerprint density at radius 3 is 2.19 bits per heavy atom. The lowest BCUT2D eigenvalue weighted by Gasteiger charge is -2.34. The fourth-order valence-corrected chi connectivity index (χ4v) is 2.92. The Kier molecular flexibility index (Phi) is 5.96. The van der Waals surface area contributed by atoms with Crippen molar-refractivity contribution in [1.29, 1.82) is 0 Å². The van der Waals surface area contributed by atoms with E-state index in [1.807, 2.05) is 36.4 Å². The summed E-state index contributed by atoms with van der Waals surface area (Å²) in [5.41, 5.74) is 2.92. The van der Waals surface area contributed by atoms with Crippen molar-refractivity contribution < 1.29 is 9.53 Å². The number of anilines is 3. The molecule has 1 aliphatic heterocycles. The van der Waals surface area contributed by atoms with Crippen LogP contribution < -0.4 is 20.3 Å². The Labute approximate surface area is 154 Å². The number of carbonyl (C=O) groups is 1. The number of piperazine rings is 1. The molecule has 0 spiro atoms. The minimum Gasteiger partial charge on any atom is -0.497 e. The Balaban J connectivity index is 1.47. The van der Waals surface area contributed by atoms with Crippen molar-refractivity contribution in [3.05, 3.63) is 48.5 Å². The highest BCUT2D eigenvalue weighted by atomic mass is 16.5. The smallest absolute Gasteiger partial charge is 0.243 e. The van der Waals surface area contributed by atoms with Crippen LogP contribution >= 0.6 is 0 Å². The third-order valence-electron chi connectivity index (χ3n) is 4.56. The lowest BCUT2D eigenvalue weighted by molar-refractivity contribution is -0.114. The first-order chi connectivity index (χ1) is 12.6. The van der Waals surface area contributed by atoms with Crippen LogP contribution in [-0.4, -0.2) is 57.7 Å². The number of nitrogens with one attached hydrogen (secondary N) is 2. The van der Waals surface area contributed by atoms with E-state index in [0.29, 0.717) is 0 Å². The molecule has 6 heteroatoms. The molecule has 26 heavy (non-hydrogen) atoms. The lowest BCUT2D eigenvalue weighted by atomic mass is 10.2. The number of carbonyl (C=O) groups excluding carboxylic acids is 1. The standard InChI is InChI=1S/C20H26N4O2/c1-23-11-13-24(14-12-23)18-7-3-16(4-8-18)21-15-20(25)22-17-5-9-19(26-2)10-6-17/h3-10,21H,11-15H2,1-2H3,(H,22,25). The molecule has 1 fully saturated rings. The number of rotatable bonds is 6. The summed E-state index contributed by atoms with van der Waals surface area (Å²) in [5, 5.41) is 6.02. The molecule has 1 amide bonds. The molecule has 1 heterocycles. The van der Waals surface area contributed by atoms with E-state index in [4.69, 9.17) is 4.74 Å². The zero-order valence-electron chi connectivity index (χ0n) is 15.4. The van der Waals surface area contributed by atoms with Crippen LogP contribution in [0.5, 0.6) is 5.75 Å². The highest BCUT2D eigenvalue weighted by Crippen LogP contribution is 2.19. The van der Waals surface area contributed by atoms with Gasteiger partial charge in [0, 0.05) is 43.2 Å². The molecule has 2 aromatic carbocycles. The van der Waals surface area contributed by atoms with Crippen LogP contribution in [0, 0.1) is 0 Å². The van der Waals surface area contributed by atoms with Crippen molar-refractivity contribution in [1.82, 2.24) is 4.90 Å². The number of hydrogen-bond acceptors (Lipinski definition) is 5. The highest BCUT2D eigenvalue weighted by molar-refractivity contribution is 5.93. The molecule has 0 bridgehead atoms. The second kappa shape index (κ2) is 8.58. The van der Waals surface area contributed by atoms with Crippen molar-refractivity contribution in [3.63, 3.8) is 0 Å². The van der Waals surface area contributed by atoms with E-state index >= 15 is 0 Å². The maximum Gasteiger partial charge on any atom is 0.243 e. The number of hydrogen-bond donors (Lipinski definition) is 2. The van der Waals surface area contributed by atoms with E-state index in [9.17, 15) is 4.79 Å². The van der Waals surface area contributed by atoms with E-state index in [0.717, 1.165) is 43.3 Å². The van der Waals surface area contributed by atoms with Gasteiger partial charge in [-0.2, -0.15) is 0 Å². The monoisotopic (exact) mass is 354 g/mol. The third kappa shape index (κ3) is 4.89. The molecule has 1 saturated heterocycles. The molecule has 2 aromatic rings. The van der Waals surface area contributed by atoms with E-state index in [-0.39, 0.29) is 12.5 Å². The van der Waals surface area contributed by atoms with Gasteiger partial charge < -0.3 is 25.2 Å². The maximum absolute atomic E-state index is 12.1. The molecule has 0 aliphatic carbocycles. The van der Waals surface area contributed by atoms with Crippen molar-refractivity contribution >= 4 is 23.0 Å². The molecule has 0 aromatic heterocycles. The molecule has 6 nitrogen and oxygen atoms in total. The molecule has 0 atom stereocenters. The van der Waals surface area contributed by atoms with Gasteiger partial charge in [-0.25, -0.2) is 0 Å². The summed E-state index contributed by atoms with van der Waals surface area (Å²) >= 11 is 0. The summed E-state index contributed by atoms with van der Waals surface area (Å²) in [6.07, 6.45) is 0. The third-order valence-corrected chi connectivity index (χ3v) is 4.56. The van der Waals surface area contributed by atoms with Gasteiger partial charge in [0.05, 0.1) is 13.7 Å². The summed E-state index contributed by atoms with van der Waals surface area (Å²) in [5.74, 6) is 0.680. The fourth-order valence-electron chi connectivity index (χ4n) is 2.92. The molecule has 0 radical (unpaired) electrons. The van der Waals surface area contributed by atoms with E-state index < -0.39 is 0 Å². The average molecular weight is 354 g/mol. The van der Waals surface area contributed by atoms with E-state index in [1.165, 1.54) is 5.69 Å². The number of likely N-dealkylation sites (N-methyl/N-ethyl adjacent to an activating group) is 1. The van der Waals surface area contributed by atoms with Gasteiger partial charge >= 0.3 is 0 Å². The van der Waals surface area contributed by atoms with Crippen LogP contribution in [0.1, 0.15) is 0 Å². The number of amides is 1. The molecule has 138 valence electrons. The predicted octanol–water partition coefficient (Wildman–Crippen LogP) is 2.50. The Hall–Kier alpha value is -2.73. The first-order valence-corrected chi connectivity index (χ1v) is 8.85. The van der Waals surface area contributed by atoms with E-state index in [2.05, 4.69) is 39.6 Å². The van der Waals surface area contributed by atoms with Crippen LogP contribution in [0.4, 0.5) is 17.1 Å². The van der Waals surface area contributed by atoms with Crippen molar-refractivity contribution in [3.8, 4) is 5.75 Å². The van der Waals surface area contributed by atoms with Crippen LogP contribution in [0.15, 0.2) is 48.5 Å². The second-order valence-electron chi connectivity index (χ2n) is 6.47. The molecule has 1 aliphatic rings. The van der Waals surface area contributed by atoms with Gasteiger partial charge in [0.25, 0.3) is 0 Å². The largest absolute Gasteiger partial charge is 0.497 e. The highest BCUT2D eigenvalue weighted by Gasteiger charge is 2.14. The topological polar surface area (TPSA) is 56.8 Å². The summed E-state index contributed by atoms with van der Waals surface area (Å²) in [6.45, 7) is 4.50. The number of nitrogens with zero attached hydrogens (tertiary/aromatic N) is 2. The summed E-state index contributed by atoms with van der Waals surface area (Å²) in [6, 6.07) is 15.5. The van der Waals surface area contributed by atoms with Gasteiger partial charge in [0.1, 0.15) is 5.75 Å². The van der Waals surface area contributed by atoms with Crippen LogP contribution in [0.2, 0.25) is 0 Å². The average Bonchev–Trinajstić information content (AvgIpc) is 2.68. The molecule has 2 N–H and O–H groups in total. The van der Waals surface area contributed by atoms with Gasteiger partial charge in [-0.3, -0.25) is 4.79 Å². The first kappa shape index (κ1) is 18.1. The van der Waals surface area contributed by atoms with E-state index in [1.54, 1.807) is 7.11 Å². The number of methoxy groups -OCH3 is 1. The normalized spacial score (nSPS) is 14.8. The van der Waals surface area contributed by atoms with Crippen LogP contribution in [0.3, 0.4) is 0 Å². The predicted molar refractivity (Wildman–Crippen MR) is 106 cm³/mol. The molecule has 0 saturated carbocycles. The van der Waals surface area contributed by atoms with Crippen LogP contribution in [0.25, 0.3) is 0 Å². The minimum absolute atomic E-state index is 0.0849. The molecular weight excluding hydrogens is 328 g/mol. The van der Waals surface area contributed by atoms with Gasteiger partial charge in [0.15, 0.2) is 0 Å². The zero-order valence-corrected chi connectivity index (χ0v) is 15.4. The number of benzene rings is 2. The second-order valence-corrected chi connectivity index (χ2v) is 6.47. The molecule has 0 unspecified atom stereocenters. The fraction of sp³-hybridized carbons (Fsp3) is 0.350. The Morgan fingerprint density at radius 1 is 0.962 bits per heavy atom.